The van der Waals surface area contributed by atoms with Crippen molar-refractivity contribution in [3.8, 4) is 11.3 Å². The lowest BCUT2D eigenvalue weighted by Gasteiger charge is -2.26. The van der Waals surface area contributed by atoms with Gasteiger partial charge in [-0.2, -0.15) is 4.73 Å². The number of para-hydroxylation sites is 1. The summed E-state index contributed by atoms with van der Waals surface area (Å²) in [5.74, 6) is 0. The third-order valence-electron chi connectivity index (χ3n) is 4.49. The minimum absolute atomic E-state index is 0.776. The number of hydrogen-bond acceptors (Lipinski definition) is 3. The lowest BCUT2D eigenvalue weighted by atomic mass is 10.0. The van der Waals surface area contributed by atoms with Gasteiger partial charge in [-0.3, -0.25) is 4.90 Å². The molecule has 4 heteroatoms. The Morgan fingerprint density at radius 2 is 1.61 bits per heavy atom. The Morgan fingerprint density at radius 3 is 2.39 bits per heavy atom. The SMILES string of the molecule is On1c(-c2ccccc2)c(CN2CCOCC2)c2ccccc21. The number of nitrogens with zero attached hydrogens (tertiary/aromatic N) is 2. The van der Waals surface area contributed by atoms with Gasteiger partial charge < -0.3 is 9.94 Å². The molecule has 118 valence electrons. The summed E-state index contributed by atoms with van der Waals surface area (Å²) in [6.07, 6.45) is 0. The standard InChI is InChI=1S/C19H20N2O2/c22-21-18-9-5-4-8-16(18)17(14-20-10-12-23-13-11-20)19(21)15-6-2-1-3-7-15/h1-9,22H,10-14H2. The summed E-state index contributed by atoms with van der Waals surface area (Å²) in [5, 5.41) is 11.8. The average Bonchev–Trinajstić information content (AvgIpc) is 2.89. The number of fused-ring (bicyclic) bond motifs is 1. The summed E-state index contributed by atoms with van der Waals surface area (Å²) in [6.45, 7) is 4.23. The first-order valence-corrected chi connectivity index (χ1v) is 8.01. The van der Waals surface area contributed by atoms with Crippen molar-refractivity contribution in [1.29, 1.82) is 0 Å². The van der Waals surface area contributed by atoms with Gasteiger partial charge in [0.15, 0.2) is 0 Å². The Bertz CT molecular complexity index is 805. The van der Waals surface area contributed by atoms with Crippen LogP contribution >= 0.6 is 0 Å². The quantitative estimate of drug-likeness (QED) is 0.754. The number of hydrogen-bond donors (Lipinski definition) is 1. The monoisotopic (exact) mass is 308 g/mol. The van der Waals surface area contributed by atoms with Gasteiger partial charge in [0.25, 0.3) is 0 Å². The van der Waals surface area contributed by atoms with Crippen LogP contribution in [-0.2, 0) is 11.3 Å². The maximum absolute atomic E-state index is 10.7. The molecule has 2 heterocycles. The molecule has 1 aliphatic heterocycles. The maximum Gasteiger partial charge on any atom is 0.0923 e. The zero-order chi connectivity index (χ0) is 15.6. The topological polar surface area (TPSA) is 37.6 Å². The van der Waals surface area contributed by atoms with Crippen LogP contribution in [0.2, 0.25) is 0 Å². The fraction of sp³-hybridized carbons (Fsp3) is 0.263. The largest absolute Gasteiger partial charge is 0.428 e. The van der Waals surface area contributed by atoms with Gasteiger partial charge in [-0.1, -0.05) is 48.5 Å². The normalized spacial score (nSPS) is 16.0. The molecule has 1 aliphatic rings. The molecule has 1 saturated heterocycles. The zero-order valence-corrected chi connectivity index (χ0v) is 13.0. The van der Waals surface area contributed by atoms with E-state index in [0.717, 1.165) is 55.0 Å². The van der Waals surface area contributed by atoms with Crippen molar-refractivity contribution in [2.45, 2.75) is 6.54 Å². The summed E-state index contributed by atoms with van der Waals surface area (Å²) in [5.41, 5.74) is 3.96. The molecule has 23 heavy (non-hydrogen) atoms. The third kappa shape index (κ3) is 2.60. The van der Waals surface area contributed by atoms with Crippen LogP contribution in [0.1, 0.15) is 5.56 Å². The van der Waals surface area contributed by atoms with Gasteiger partial charge in [0.2, 0.25) is 0 Å². The predicted molar refractivity (Wildman–Crippen MR) is 90.7 cm³/mol. The first kappa shape index (κ1) is 14.3. The molecule has 0 saturated carbocycles. The summed E-state index contributed by atoms with van der Waals surface area (Å²) < 4.78 is 6.78. The fourth-order valence-corrected chi connectivity index (χ4v) is 3.32. The van der Waals surface area contributed by atoms with Crippen LogP contribution in [0.25, 0.3) is 22.2 Å². The van der Waals surface area contributed by atoms with Crippen molar-refractivity contribution in [3.05, 3.63) is 60.2 Å². The number of rotatable bonds is 3. The zero-order valence-electron chi connectivity index (χ0n) is 13.0. The van der Waals surface area contributed by atoms with E-state index in [1.165, 1.54) is 10.3 Å². The van der Waals surface area contributed by atoms with E-state index in [0.29, 0.717) is 0 Å². The molecule has 0 spiro atoms. The van der Waals surface area contributed by atoms with Crippen molar-refractivity contribution in [2.75, 3.05) is 26.3 Å². The van der Waals surface area contributed by atoms with E-state index in [2.05, 4.69) is 11.0 Å². The molecular weight excluding hydrogens is 288 g/mol. The van der Waals surface area contributed by atoms with Gasteiger partial charge in [0, 0.05) is 36.1 Å². The highest BCUT2D eigenvalue weighted by Crippen LogP contribution is 2.33. The predicted octanol–water partition coefficient (Wildman–Crippen LogP) is 3.38. The highest BCUT2D eigenvalue weighted by atomic mass is 16.5. The Kier molecular flexibility index (Phi) is 3.77. The Labute approximate surface area is 135 Å². The van der Waals surface area contributed by atoms with Crippen molar-refractivity contribution in [3.63, 3.8) is 0 Å². The lowest BCUT2D eigenvalue weighted by molar-refractivity contribution is 0.0343. The van der Waals surface area contributed by atoms with E-state index in [1.807, 2.05) is 48.5 Å². The minimum atomic E-state index is 0.776. The number of aromatic nitrogens is 1. The molecule has 0 bridgehead atoms. The number of ether oxygens (including phenoxy) is 1. The van der Waals surface area contributed by atoms with Crippen LogP contribution in [0.15, 0.2) is 54.6 Å². The lowest BCUT2D eigenvalue weighted by Crippen LogP contribution is -2.35. The Balaban J connectivity index is 1.86. The highest BCUT2D eigenvalue weighted by molar-refractivity contribution is 5.91. The van der Waals surface area contributed by atoms with E-state index in [4.69, 9.17) is 4.74 Å². The van der Waals surface area contributed by atoms with Crippen molar-refractivity contribution in [2.24, 2.45) is 0 Å². The van der Waals surface area contributed by atoms with E-state index < -0.39 is 0 Å². The van der Waals surface area contributed by atoms with Gasteiger partial charge in [0.05, 0.1) is 24.4 Å². The van der Waals surface area contributed by atoms with Crippen LogP contribution in [0.5, 0.6) is 0 Å². The van der Waals surface area contributed by atoms with Gasteiger partial charge in [-0.15, -0.1) is 0 Å². The highest BCUT2D eigenvalue weighted by Gasteiger charge is 2.21. The molecule has 0 aliphatic carbocycles. The molecule has 2 aromatic carbocycles. The molecule has 3 aromatic rings. The Morgan fingerprint density at radius 1 is 0.913 bits per heavy atom. The van der Waals surface area contributed by atoms with Crippen LogP contribution in [0.4, 0.5) is 0 Å². The fourth-order valence-electron chi connectivity index (χ4n) is 3.32. The molecule has 0 radical (unpaired) electrons. The summed E-state index contributed by atoms with van der Waals surface area (Å²) in [7, 11) is 0. The number of benzene rings is 2. The second-order valence-corrected chi connectivity index (χ2v) is 5.91. The maximum atomic E-state index is 10.7. The molecule has 0 amide bonds. The average molecular weight is 308 g/mol. The van der Waals surface area contributed by atoms with Gasteiger partial charge in [0.1, 0.15) is 0 Å². The summed E-state index contributed by atoms with van der Waals surface area (Å²) >= 11 is 0. The molecule has 1 aromatic heterocycles. The first-order valence-electron chi connectivity index (χ1n) is 8.01. The third-order valence-corrected chi connectivity index (χ3v) is 4.49. The molecule has 1 N–H and O–H groups in total. The van der Waals surface area contributed by atoms with Crippen LogP contribution in [0, 0.1) is 0 Å². The van der Waals surface area contributed by atoms with Crippen LogP contribution in [-0.4, -0.2) is 41.1 Å². The van der Waals surface area contributed by atoms with Gasteiger partial charge in [-0.25, -0.2) is 0 Å². The van der Waals surface area contributed by atoms with Gasteiger partial charge >= 0.3 is 0 Å². The first-order chi connectivity index (χ1) is 11.3. The van der Waals surface area contributed by atoms with E-state index in [1.54, 1.807) is 0 Å². The van der Waals surface area contributed by atoms with Crippen molar-refractivity contribution >= 4 is 10.9 Å². The molecule has 0 unspecified atom stereocenters. The Hall–Kier alpha value is -2.30. The van der Waals surface area contributed by atoms with E-state index >= 15 is 0 Å². The minimum Gasteiger partial charge on any atom is -0.428 e. The molecular formula is C19H20N2O2. The number of morpholine rings is 1. The van der Waals surface area contributed by atoms with Crippen molar-refractivity contribution in [1.82, 2.24) is 9.63 Å². The van der Waals surface area contributed by atoms with Crippen LogP contribution < -0.4 is 0 Å². The van der Waals surface area contributed by atoms with E-state index in [-0.39, 0.29) is 0 Å². The smallest absolute Gasteiger partial charge is 0.0923 e. The molecule has 4 rings (SSSR count). The van der Waals surface area contributed by atoms with Crippen molar-refractivity contribution < 1.29 is 9.94 Å². The second kappa shape index (κ2) is 6.07. The van der Waals surface area contributed by atoms with E-state index in [9.17, 15) is 5.21 Å². The molecule has 4 nitrogen and oxygen atoms in total. The summed E-state index contributed by atoms with van der Waals surface area (Å²) in [4.78, 5) is 2.39. The van der Waals surface area contributed by atoms with Crippen LogP contribution in [0.3, 0.4) is 0 Å². The molecule has 1 fully saturated rings. The van der Waals surface area contributed by atoms with Gasteiger partial charge in [-0.05, 0) is 6.07 Å². The second-order valence-electron chi connectivity index (χ2n) is 5.91. The summed E-state index contributed by atoms with van der Waals surface area (Å²) in [6, 6.07) is 18.1. The molecule has 0 atom stereocenters.